The molecule has 0 spiro atoms. The van der Waals surface area contributed by atoms with E-state index in [4.69, 9.17) is 4.52 Å². The molecule has 3 saturated heterocycles. The summed E-state index contributed by atoms with van der Waals surface area (Å²) in [6.07, 6.45) is 25.6. The highest BCUT2D eigenvalue weighted by atomic mass is 31.2. The molecule has 3 aliphatic heterocycles. The summed E-state index contributed by atoms with van der Waals surface area (Å²) in [6.45, 7) is 9.33. The molecule has 14 nitrogen and oxygen atoms in total. The van der Waals surface area contributed by atoms with E-state index in [9.17, 15) is 33.5 Å². The Morgan fingerprint density at radius 3 is 1.95 bits per heavy atom. The van der Waals surface area contributed by atoms with Crippen molar-refractivity contribution in [3.8, 4) is 5.75 Å². The van der Waals surface area contributed by atoms with Gasteiger partial charge in [-0.15, -0.1) is 0 Å². The quantitative estimate of drug-likeness (QED) is 0.0414. The summed E-state index contributed by atoms with van der Waals surface area (Å²) in [6, 6.07) is 4.70. The third kappa shape index (κ3) is 21.8. The minimum absolute atomic E-state index is 0.00222. The number of carbonyl (C=O) groups excluding carboxylic acids is 4. The zero-order valence-electron chi connectivity index (χ0n) is 40.5. The second-order valence-corrected chi connectivity index (χ2v) is 20.7. The van der Waals surface area contributed by atoms with Gasteiger partial charge in [0.25, 0.3) is 0 Å². The molecule has 4 atom stereocenters. The summed E-state index contributed by atoms with van der Waals surface area (Å²) in [5, 5.41) is 6.10. The molecule has 4 N–H and O–H groups in total. The molecule has 4 rings (SSSR count). The number of phosphoric ester groups is 1. The van der Waals surface area contributed by atoms with Gasteiger partial charge in [-0.1, -0.05) is 115 Å². The minimum atomic E-state index is -4.75. The van der Waals surface area contributed by atoms with Crippen LogP contribution >= 0.6 is 7.82 Å². The Kier molecular flexibility index (Phi) is 25.7. The van der Waals surface area contributed by atoms with Crippen molar-refractivity contribution < 1.29 is 38.1 Å². The van der Waals surface area contributed by atoms with Crippen LogP contribution in [0.3, 0.4) is 0 Å². The summed E-state index contributed by atoms with van der Waals surface area (Å²) in [4.78, 5) is 82.9. The smallest absolute Gasteiger partial charge is 0.404 e. The molecule has 3 aliphatic rings. The Bertz CT molecular complexity index is 1590. The topological polar surface area (TPSA) is 172 Å². The van der Waals surface area contributed by atoms with Gasteiger partial charge in [0.1, 0.15) is 23.6 Å². The van der Waals surface area contributed by atoms with Crippen LogP contribution in [0.5, 0.6) is 5.75 Å². The van der Waals surface area contributed by atoms with E-state index in [0.29, 0.717) is 37.9 Å². The van der Waals surface area contributed by atoms with Crippen molar-refractivity contribution in [1.29, 1.82) is 0 Å². The lowest BCUT2D eigenvalue weighted by Crippen LogP contribution is -2.57. The number of fused-ring (bicyclic) bond motifs is 1. The second kappa shape index (κ2) is 30.5. The van der Waals surface area contributed by atoms with Crippen LogP contribution in [0.4, 0.5) is 0 Å². The maximum absolute atomic E-state index is 14.3. The van der Waals surface area contributed by atoms with E-state index >= 15 is 0 Å². The van der Waals surface area contributed by atoms with Crippen LogP contribution in [0.1, 0.15) is 167 Å². The van der Waals surface area contributed by atoms with Gasteiger partial charge >= 0.3 is 7.82 Å². The van der Waals surface area contributed by atoms with E-state index in [1.54, 1.807) is 17.0 Å². The molecule has 0 radical (unpaired) electrons. The SMILES string of the molecule is CCCCCCCCCCCCCCCCN1CCN(CCC(=O)C[C@@H](Cc2ccc(OP(=O)(O)O)cc2)C(=O)N[C@H]2CCCCC3CC[C@@H](C(=O)NCCCCN(C)C)N3C2=O)CC1. The van der Waals surface area contributed by atoms with E-state index in [2.05, 4.69) is 32.3 Å². The van der Waals surface area contributed by atoms with Crippen molar-refractivity contribution in [3.05, 3.63) is 29.8 Å². The van der Waals surface area contributed by atoms with Gasteiger partial charge in [-0.25, -0.2) is 4.57 Å². The number of Topliss-reactive ketones (excluding diaryl/α,β-unsaturated/α-hetero) is 1. The van der Waals surface area contributed by atoms with Crippen molar-refractivity contribution in [3.63, 3.8) is 0 Å². The Morgan fingerprint density at radius 1 is 0.769 bits per heavy atom. The molecule has 1 aromatic carbocycles. The summed E-state index contributed by atoms with van der Waals surface area (Å²) < 4.78 is 16.1. The first-order valence-electron chi connectivity index (χ1n) is 25.7. The summed E-state index contributed by atoms with van der Waals surface area (Å²) in [7, 11) is -0.702. The number of unbranched alkanes of at least 4 members (excludes halogenated alkanes) is 14. The highest BCUT2D eigenvalue weighted by Crippen LogP contribution is 2.37. The van der Waals surface area contributed by atoms with Crippen molar-refractivity contribution >= 4 is 31.3 Å². The zero-order chi connectivity index (χ0) is 46.9. The molecule has 3 fully saturated rings. The van der Waals surface area contributed by atoms with Gasteiger partial charge in [0.15, 0.2) is 0 Å². The monoisotopic (exact) mass is 931 g/mol. The molecule has 15 heteroatoms. The highest BCUT2D eigenvalue weighted by Gasteiger charge is 2.44. The molecular weight excluding hydrogens is 844 g/mol. The number of hydrogen-bond donors (Lipinski definition) is 4. The number of ketones is 1. The number of nitrogens with one attached hydrogen (secondary N) is 2. The third-order valence-corrected chi connectivity index (χ3v) is 14.2. The number of phosphoric acid groups is 1. The van der Waals surface area contributed by atoms with Crippen LogP contribution in [-0.4, -0.2) is 137 Å². The van der Waals surface area contributed by atoms with Gasteiger partial charge in [-0.2, -0.15) is 0 Å². The molecule has 1 aromatic rings. The van der Waals surface area contributed by atoms with Crippen LogP contribution in [-0.2, 0) is 30.2 Å². The van der Waals surface area contributed by atoms with Gasteiger partial charge in [0.05, 0.1) is 0 Å². The Balaban J connectivity index is 1.24. The molecule has 1 unspecified atom stereocenters. The first-order chi connectivity index (χ1) is 31.3. The Hall–Kier alpha value is -2.87. The van der Waals surface area contributed by atoms with Gasteiger partial charge in [0.2, 0.25) is 17.7 Å². The number of rotatable bonds is 32. The maximum atomic E-state index is 14.3. The molecule has 65 heavy (non-hydrogen) atoms. The number of hydrogen-bond acceptors (Lipinski definition) is 9. The van der Waals surface area contributed by atoms with Crippen LogP contribution in [0.2, 0.25) is 0 Å². The average molecular weight is 931 g/mol. The fourth-order valence-corrected chi connectivity index (χ4v) is 10.3. The molecule has 0 bridgehead atoms. The summed E-state index contributed by atoms with van der Waals surface area (Å²) in [5.41, 5.74) is 0.692. The van der Waals surface area contributed by atoms with Gasteiger partial charge in [-0.05, 0) is 96.2 Å². The standard InChI is InChI=1S/C50H87N6O8P/c1-4-5-6-7-8-9-10-11-12-13-14-15-16-20-33-54-35-37-55(38-36-54)34-30-44(57)40-42(39-41-24-27-45(28-25-41)64-65(61,62)63)48(58)52-46-23-18-17-22-43-26-29-47(56(43)50(46)60)49(59)51-31-19-21-32-53(2)3/h24-25,27-28,42-43,46-47H,4-23,26,29-40H2,1-3H3,(H,51,59)(H,52,58)(H2,61,62,63)/t42-,43?,46+,47+/m1/s1. The van der Waals surface area contributed by atoms with E-state index in [1.165, 1.54) is 102 Å². The number of benzene rings is 1. The predicted octanol–water partition coefficient (Wildman–Crippen LogP) is 7.64. The molecule has 3 heterocycles. The van der Waals surface area contributed by atoms with Crippen molar-refractivity contribution in [1.82, 2.24) is 30.2 Å². The predicted molar refractivity (Wildman–Crippen MR) is 259 cm³/mol. The number of carbonyl (C=O) groups is 4. The van der Waals surface area contributed by atoms with E-state index in [0.717, 1.165) is 77.8 Å². The van der Waals surface area contributed by atoms with Gasteiger partial charge < -0.3 is 34.8 Å². The highest BCUT2D eigenvalue weighted by molar-refractivity contribution is 7.46. The fraction of sp³-hybridized carbons (Fsp3) is 0.800. The van der Waals surface area contributed by atoms with Crippen LogP contribution in [0.25, 0.3) is 0 Å². The Morgan fingerprint density at radius 2 is 1.35 bits per heavy atom. The first-order valence-corrected chi connectivity index (χ1v) is 27.2. The molecule has 3 amide bonds. The lowest BCUT2D eigenvalue weighted by molar-refractivity contribution is -0.144. The third-order valence-electron chi connectivity index (χ3n) is 13.8. The summed E-state index contributed by atoms with van der Waals surface area (Å²) in [5.74, 6) is -1.57. The molecule has 370 valence electrons. The largest absolute Gasteiger partial charge is 0.524 e. The minimum Gasteiger partial charge on any atom is -0.404 e. The van der Waals surface area contributed by atoms with E-state index in [-0.39, 0.29) is 48.1 Å². The van der Waals surface area contributed by atoms with Crippen LogP contribution in [0.15, 0.2) is 24.3 Å². The van der Waals surface area contributed by atoms with Crippen molar-refractivity contribution in [2.24, 2.45) is 5.92 Å². The number of nitrogens with zero attached hydrogens (tertiary/aromatic N) is 4. The average Bonchev–Trinajstić information content (AvgIpc) is 3.69. The number of amides is 3. The normalized spacial score (nSPS) is 20.3. The lowest BCUT2D eigenvalue weighted by Gasteiger charge is -2.35. The van der Waals surface area contributed by atoms with Crippen molar-refractivity contribution in [2.75, 3.05) is 66.5 Å². The molecule has 0 aliphatic carbocycles. The zero-order valence-corrected chi connectivity index (χ0v) is 41.4. The Labute approximate surface area is 392 Å². The van der Waals surface area contributed by atoms with Crippen LogP contribution in [0, 0.1) is 5.92 Å². The summed E-state index contributed by atoms with van der Waals surface area (Å²) >= 11 is 0. The molecule has 0 aromatic heterocycles. The van der Waals surface area contributed by atoms with Crippen LogP contribution < -0.4 is 15.2 Å². The molecule has 0 saturated carbocycles. The maximum Gasteiger partial charge on any atom is 0.524 e. The molecular formula is C50H87N6O8P. The fourth-order valence-electron chi connectivity index (χ4n) is 9.89. The van der Waals surface area contributed by atoms with Gasteiger partial charge in [0, 0.05) is 64.1 Å². The lowest BCUT2D eigenvalue weighted by atomic mass is 9.91. The second-order valence-electron chi connectivity index (χ2n) is 19.5. The first kappa shape index (κ1) is 54.7. The van der Waals surface area contributed by atoms with E-state index in [1.807, 2.05) is 14.1 Å². The number of piperazine rings is 1. The van der Waals surface area contributed by atoms with Crippen molar-refractivity contribution in [2.45, 2.75) is 186 Å². The van der Waals surface area contributed by atoms with Gasteiger partial charge in [-0.3, -0.25) is 29.0 Å². The van der Waals surface area contributed by atoms with E-state index < -0.39 is 25.8 Å².